The number of carbonyl (C=O) groups is 3. The minimum Gasteiger partial charge on any atom is -0.335 e. The van der Waals surface area contributed by atoms with Crippen LogP contribution < -0.4 is 16.0 Å². The monoisotopic (exact) mass is 332 g/mol. The lowest BCUT2D eigenvalue weighted by molar-refractivity contribution is -0.129. The first-order valence-corrected chi connectivity index (χ1v) is 8.02. The van der Waals surface area contributed by atoms with Crippen LogP contribution in [0.15, 0.2) is 18.2 Å². The number of nitrogens with zero attached hydrogens (tertiary/aromatic N) is 1. The second kappa shape index (κ2) is 5.96. The van der Waals surface area contributed by atoms with Gasteiger partial charge in [0, 0.05) is 12.5 Å². The van der Waals surface area contributed by atoms with Crippen molar-refractivity contribution in [2.75, 3.05) is 5.32 Å². The molecule has 2 aromatic rings. The summed E-state index contributed by atoms with van der Waals surface area (Å²) in [4.78, 5) is 39.5. The van der Waals surface area contributed by atoms with Crippen molar-refractivity contribution >= 4 is 44.5 Å². The molecule has 1 aliphatic heterocycles. The third-order valence-electron chi connectivity index (χ3n) is 3.73. The average Bonchev–Trinajstić information content (AvgIpc) is 2.84. The Bertz CT molecular complexity index is 801. The first-order valence-electron chi connectivity index (χ1n) is 7.21. The maximum atomic E-state index is 12.2. The fourth-order valence-corrected chi connectivity index (χ4v) is 3.48. The number of hydrogen-bond acceptors (Lipinski definition) is 5. The molecule has 0 aliphatic carbocycles. The van der Waals surface area contributed by atoms with Crippen LogP contribution in [0.5, 0.6) is 0 Å². The van der Waals surface area contributed by atoms with Crippen molar-refractivity contribution in [3.63, 3.8) is 0 Å². The number of rotatable bonds is 3. The third-order valence-corrected chi connectivity index (χ3v) is 4.67. The lowest BCUT2D eigenvalue weighted by atomic mass is 9.94. The molecule has 1 fully saturated rings. The van der Waals surface area contributed by atoms with Gasteiger partial charge in [0.25, 0.3) is 0 Å². The van der Waals surface area contributed by atoms with Crippen LogP contribution in [0.3, 0.4) is 0 Å². The molecule has 7 nitrogen and oxygen atoms in total. The van der Waals surface area contributed by atoms with E-state index in [2.05, 4.69) is 20.9 Å². The van der Waals surface area contributed by atoms with E-state index in [0.717, 1.165) is 15.8 Å². The number of fused-ring (bicyclic) bond motifs is 1. The van der Waals surface area contributed by atoms with E-state index in [1.54, 1.807) is 6.92 Å². The number of nitrogens with one attached hydrogen (secondary N) is 3. The summed E-state index contributed by atoms with van der Waals surface area (Å²) in [5.41, 5.74) is 1.95. The van der Waals surface area contributed by atoms with E-state index in [1.165, 1.54) is 11.3 Å². The van der Waals surface area contributed by atoms with E-state index in [9.17, 15) is 14.4 Å². The topological polar surface area (TPSA) is 100 Å². The fourth-order valence-electron chi connectivity index (χ4n) is 2.50. The number of hydrogen-bond donors (Lipinski definition) is 3. The molecule has 0 radical (unpaired) electrons. The molecule has 2 unspecified atom stereocenters. The highest BCUT2D eigenvalue weighted by atomic mass is 32.1. The average molecular weight is 332 g/mol. The highest BCUT2D eigenvalue weighted by Gasteiger charge is 2.34. The Morgan fingerprint density at radius 1 is 1.39 bits per heavy atom. The molecule has 2 atom stereocenters. The minimum atomic E-state index is -0.593. The lowest BCUT2D eigenvalue weighted by Crippen LogP contribution is -2.57. The molecule has 120 valence electrons. The first-order chi connectivity index (χ1) is 10.9. The second-order valence-corrected chi connectivity index (χ2v) is 6.63. The van der Waals surface area contributed by atoms with Crippen LogP contribution in [0.1, 0.15) is 18.9 Å². The lowest BCUT2D eigenvalue weighted by Gasteiger charge is -2.28. The van der Waals surface area contributed by atoms with E-state index in [4.69, 9.17) is 0 Å². The quantitative estimate of drug-likeness (QED) is 0.797. The van der Waals surface area contributed by atoms with Gasteiger partial charge in [-0.2, -0.15) is 0 Å². The van der Waals surface area contributed by atoms with E-state index in [0.29, 0.717) is 5.13 Å². The van der Waals surface area contributed by atoms with Gasteiger partial charge in [-0.1, -0.05) is 17.4 Å². The van der Waals surface area contributed by atoms with Crippen molar-refractivity contribution in [1.82, 2.24) is 15.6 Å². The largest absolute Gasteiger partial charge is 0.335 e. The van der Waals surface area contributed by atoms with Gasteiger partial charge < -0.3 is 10.6 Å². The van der Waals surface area contributed by atoms with Gasteiger partial charge in [0.2, 0.25) is 11.8 Å². The number of benzene rings is 1. The molecule has 2 heterocycles. The molecule has 4 amide bonds. The molecule has 0 spiro atoms. The van der Waals surface area contributed by atoms with Gasteiger partial charge in [-0.25, -0.2) is 9.78 Å². The number of anilines is 1. The third kappa shape index (κ3) is 3.31. The zero-order valence-electron chi connectivity index (χ0n) is 12.7. The van der Waals surface area contributed by atoms with Crippen LogP contribution in [0.2, 0.25) is 0 Å². The van der Waals surface area contributed by atoms with Crippen LogP contribution in [0.25, 0.3) is 10.2 Å². The normalized spacial score (nSPS) is 21.0. The summed E-state index contributed by atoms with van der Waals surface area (Å²) in [6.07, 6.45) is -0.0117. The van der Waals surface area contributed by atoms with Crippen LogP contribution in [0.4, 0.5) is 9.93 Å². The molecule has 1 aromatic carbocycles. The summed E-state index contributed by atoms with van der Waals surface area (Å²) in [6, 6.07) is 4.96. The minimum absolute atomic E-state index is 0.0117. The first kappa shape index (κ1) is 15.4. The summed E-state index contributed by atoms with van der Waals surface area (Å²) in [5.74, 6) is -1.33. The van der Waals surface area contributed by atoms with Gasteiger partial charge in [0.1, 0.15) is 0 Å². The van der Waals surface area contributed by atoms with Gasteiger partial charge in [-0.05, 0) is 31.5 Å². The molecule has 1 aliphatic rings. The van der Waals surface area contributed by atoms with E-state index in [1.807, 2.05) is 25.1 Å². The maximum Gasteiger partial charge on any atom is 0.321 e. The molecular weight excluding hydrogens is 316 g/mol. The van der Waals surface area contributed by atoms with Gasteiger partial charge in [0.15, 0.2) is 5.13 Å². The molecular formula is C15H16N4O3S. The number of aromatic nitrogens is 1. The number of urea groups is 1. The van der Waals surface area contributed by atoms with E-state index in [-0.39, 0.29) is 18.4 Å². The number of amides is 4. The van der Waals surface area contributed by atoms with Crippen molar-refractivity contribution < 1.29 is 14.4 Å². The van der Waals surface area contributed by atoms with Crippen LogP contribution in [-0.2, 0) is 9.59 Å². The van der Waals surface area contributed by atoms with Gasteiger partial charge in [-0.15, -0.1) is 0 Å². The SMILES string of the molecule is Cc1ccc2nc(NC(=O)CC3C(=O)NC(=O)NC3C)sc2c1. The Balaban J connectivity index is 1.68. The summed E-state index contributed by atoms with van der Waals surface area (Å²) in [6.45, 7) is 3.70. The highest BCUT2D eigenvalue weighted by molar-refractivity contribution is 7.22. The van der Waals surface area contributed by atoms with Crippen molar-refractivity contribution in [3.8, 4) is 0 Å². The Morgan fingerprint density at radius 3 is 2.91 bits per heavy atom. The molecule has 8 heteroatoms. The Kier molecular flexibility index (Phi) is 3.99. The van der Waals surface area contributed by atoms with Crippen LogP contribution in [-0.4, -0.2) is 28.9 Å². The second-order valence-electron chi connectivity index (χ2n) is 5.60. The van der Waals surface area contributed by atoms with E-state index >= 15 is 0 Å². The van der Waals surface area contributed by atoms with Crippen LogP contribution >= 0.6 is 11.3 Å². The zero-order chi connectivity index (χ0) is 16.6. The van der Waals surface area contributed by atoms with Crippen molar-refractivity contribution in [3.05, 3.63) is 23.8 Å². The van der Waals surface area contributed by atoms with Crippen molar-refractivity contribution in [1.29, 1.82) is 0 Å². The molecule has 3 N–H and O–H groups in total. The molecule has 0 saturated carbocycles. The molecule has 0 bridgehead atoms. The van der Waals surface area contributed by atoms with E-state index < -0.39 is 17.9 Å². The number of thiazole rings is 1. The molecule has 1 saturated heterocycles. The predicted octanol–water partition coefficient (Wildman–Crippen LogP) is 1.78. The van der Waals surface area contributed by atoms with Crippen molar-refractivity contribution in [2.24, 2.45) is 5.92 Å². The summed E-state index contributed by atoms with van der Waals surface area (Å²) >= 11 is 1.39. The van der Waals surface area contributed by atoms with Gasteiger partial charge in [0.05, 0.1) is 16.1 Å². The fraction of sp³-hybridized carbons (Fsp3) is 0.333. The van der Waals surface area contributed by atoms with Crippen molar-refractivity contribution in [2.45, 2.75) is 26.3 Å². The smallest absolute Gasteiger partial charge is 0.321 e. The Hall–Kier alpha value is -2.48. The number of imide groups is 1. The predicted molar refractivity (Wildman–Crippen MR) is 87.2 cm³/mol. The number of aryl methyl sites for hydroxylation is 1. The molecule has 23 heavy (non-hydrogen) atoms. The van der Waals surface area contributed by atoms with Gasteiger partial charge >= 0.3 is 6.03 Å². The molecule has 1 aromatic heterocycles. The van der Waals surface area contributed by atoms with Crippen LogP contribution in [0, 0.1) is 12.8 Å². The van der Waals surface area contributed by atoms with Gasteiger partial charge in [-0.3, -0.25) is 14.9 Å². The summed E-state index contributed by atoms with van der Waals surface area (Å²) < 4.78 is 0.997. The Morgan fingerprint density at radius 2 is 2.17 bits per heavy atom. The Labute approximate surface area is 136 Å². The standard InChI is InChI=1S/C15H16N4O3S/c1-7-3-4-10-11(5-7)23-15(17-10)18-12(20)6-9-8(2)16-14(22)19-13(9)21/h3-5,8-9H,6H2,1-2H3,(H,17,18,20)(H2,16,19,21,22). The summed E-state index contributed by atoms with van der Waals surface area (Å²) in [5, 5.41) is 8.00. The maximum absolute atomic E-state index is 12.2. The molecule has 3 rings (SSSR count). The zero-order valence-corrected chi connectivity index (χ0v) is 13.5. The highest BCUT2D eigenvalue weighted by Crippen LogP contribution is 2.27. The summed E-state index contributed by atoms with van der Waals surface area (Å²) in [7, 11) is 0. The number of carbonyl (C=O) groups excluding carboxylic acids is 3.